The van der Waals surface area contributed by atoms with Gasteiger partial charge in [0.1, 0.15) is 18.4 Å². The van der Waals surface area contributed by atoms with E-state index in [2.05, 4.69) is 30.3 Å². The third kappa shape index (κ3) is 6.26. The molecule has 14 heteroatoms. The predicted octanol–water partition coefficient (Wildman–Crippen LogP) is 3.83. The number of rotatable bonds is 7. The van der Waals surface area contributed by atoms with Crippen molar-refractivity contribution < 1.29 is 22.7 Å². The Morgan fingerprint density at radius 2 is 1.69 bits per heavy atom. The van der Waals surface area contributed by atoms with Crippen LogP contribution in [0.5, 0.6) is 5.75 Å². The van der Waals surface area contributed by atoms with Crippen LogP contribution >= 0.6 is 0 Å². The van der Waals surface area contributed by atoms with Crippen molar-refractivity contribution in [2.45, 2.75) is 44.6 Å². The molecule has 2 aromatic heterocycles. The molecule has 0 unspecified atom stereocenters. The first-order chi connectivity index (χ1) is 23.6. The Bertz CT molecular complexity index is 2050. The van der Waals surface area contributed by atoms with E-state index in [0.717, 1.165) is 57.7 Å². The molecule has 4 heterocycles. The molecule has 256 valence electrons. The van der Waals surface area contributed by atoms with Gasteiger partial charge in [-0.2, -0.15) is 12.7 Å². The summed E-state index contributed by atoms with van der Waals surface area (Å²) in [5.74, 6) is 0.805. The lowest BCUT2D eigenvalue weighted by Gasteiger charge is -2.35. The van der Waals surface area contributed by atoms with Gasteiger partial charge in [-0.3, -0.25) is 9.59 Å². The molecule has 49 heavy (non-hydrogen) atoms. The lowest BCUT2D eigenvalue weighted by Crippen LogP contribution is -2.49. The minimum atomic E-state index is -3.99. The lowest BCUT2D eigenvalue weighted by molar-refractivity contribution is -0.127. The molecule has 2 amide bonds. The molecule has 1 N–H and O–H groups in total. The van der Waals surface area contributed by atoms with Gasteiger partial charge in [-0.25, -0.2) is 19.7 Å². The molecule has 3 aliphatic rings. The smallest absolute Gasteiger partial charge is 0.303 e. The maximum Gasteiger partial charge on any atom is 0.303 e. The van der Waals surface area contributed by atoms with Crippen LogP contribution in [-0.2, 0) is 21.5 Å². The van der Waals surface area contributed by atoms with Gasteiger partial charge >= 0.3 is 10.2 Å². The third-order valence-electron chi connectivity index (χ3n) is 9.86. The second-order valence-corrected chi connectivity index (χ2v) is 14.9. The summed E-state index contributed by atoms with van der Waals surface area (Å²) in [6.45, 7) is 2.47. The highest BCUT2D eigenvalue weighted by Gasteiger charge is 2.33. The number of methoxy groups -OCH3 is 1. The number of carbonyl (C=O) groups is 2. The van der Waals surface area contributed by atoms with Crippen LogP contribution in [0.1, 0.15) is 59.5 Å². The van der Waals surface area contributed by atoms with Crippen molar-refractivity contribution in [1.29, 1.82) is 0 Å². The van der Waals surface area contributed by atoms with Crippen LogP contribution in [-0.4, -0.2) is 96.3 Å². The van der Waals surface area contributed by atoms with Gasteiger partial charge in [0.15, 0.2) is 0 Å². The SMILES string of the molecule is COc1ccc2c(c1)C=C(C(=O)N1CCN(c3ncncn3)CC1)Cn1c-2c(C2CCCCC2)c2ccc(C(=O)NS(=O)(=O)N(C)C)cc21. The zero-order chi connectivity index (χ0) is 34.3. The molecule has 1 saturated heterocycles. The number of fused-ring (bicyclic) bond motifs is 5. The molecule has 2 aliphatic heterocycles. The van der Waals surface area contributed by atoms with E-state index >= 15 is 0 Å². The van der Waals surface area contributed by atoms with Crippen molar-refractivity contribution in [1.82, 2.24) is 33.4 Å². The summed E-state index contributed by atoms with van der Waals surface area (Å²) in [4.78, 5) is 44.0. The molecular weight excluding hydrogens is 645 g/mol. The summed E-state index contributed by atoms with van der Waals surface area (Å²) in [6.07, 6.45) is 10.5. The fraction of sp³-hybridized carbons (Fsp3) is 0.400. The fourth-order valence-electron chi connectivity index (χ4n) is 7.29. The summed E-state index contributed by atoms with van der Waals surface area (Å²) in [5, 5.41) is 1.01. The molecule has 0 spiro atoms. The van der Waals surface area contributed by atoms with Crippen LogP contribution in [0.25, 0.3) is 28.2 Å². The van der Waals surface area contributed by atoms with E-state index in [1.807, 2.05) is 34.1 Å². The number of hydrogen-bond donors (Lipinski definition) is 1. The topological polar surface area (TPSA) is 143 Å². The Balaban J connectivity index is 1.33. The van der Waals surface area contributed by atoms with E-state index in [4.69, 9.17) is 4.74 Å². The molecule has 7 rings (SSSR count). The van der Waals surface area contributed by atoms with E-state index in [1.54, 1.807) is 19.2 Å². The van der Waals surface area contributed by atoms with Crippen molar-refractivity contribution in [2.75, 3.05) is 52.3 Å². The van der Waals surface area contributed by atoms with Crippen molar-refractivity contribution >= 4 is 45.0 Å². The van der Waals surface area contributed by atoms with E-state index < -0.39 is 16.1 Å². The maximum absolute atomic E-state index is 14.4. The standard InChI is InChI=1S/C35H40N8O5S/c1-40(2)49(46,47)39-33(44)24-9-11-29-30(19-24)43-20-26(34(45)41-13-15-42(16-14-41)35-37-21-36-22-38-35)17-25-18-27(48-3)10-12-28(25)32(43)31(29)23-7-5-4-6-8-23/h9-12,17-19,21-23H,4-8,13-16,20H2,1-3H3,(H,39,44). The van der Waals surface area contributed by atoms with Gasteiger partial charge < -0.3 is 19.1 Å². The van der Waals surface area contributed by atoms with Crippen LogP contribution in [0.4, 0.5) is 5.95 Å². The number of amides is 2. The fourth-order valence-corrected chi connectivity index (χ4v) is 7.82. The van der Waals surface area contributed by atoms with Crippen molar-refractivity contribution in [3.05, 3.63) is 71.3 Å². The average Bonchev–Trinajstić information content (AvgIpc) is 3.34. The molecule has 0 atom stereocenters. The molecule has 2 fully saturated rings. The second-order valence-electron chi connectivity index (χ2n) is 13.0. The van der Waals surface area contributed by atoms with Gasteiger partial charge in [0, 0.05) is 67.9 Å². The normalized spacial score (nSPS) is 16.9. The van der Waals surface area contributed by atoms with Crippen LogP contribution in [0.2, 0.25) is 0 Å². The zero-order valence-corrected chi connectivity index (χ0v) is 28.7. The monoisotopic (exact) mass is 684 g/mol. The van der Waals surface area contributed by atoms with Crippen molar-refractivity contribution in [3.8, 4) is 17.0 Å². The van der Waals surface area contributed by atoms with E-state index in [1.165, 1.54) is 38.7 Å². The van der Waals surface area contributed by atoms with Gasteiger partial charge in [0.05, 0.1) is 19.3 Å². The van der Waals surface area contributed by atoms with Crippen LogP contribution < -0.4 is 14.4 Å². The molecule has 2 aromatic carbocycles. The highest BCUT2D eigenvalue weighted by molar-refractivity contribution is 7.87. The van der Waals surface area contributed by atoms with Gasteiger partial charge in [-0.05, 0) is 66.3 Å². The first-order valence-corrected chi connectivity index (χ1v) is 18.0. The quantitative estimate of drug-likeness (QED) is 0.307. The van der Waals surface area contributed by atoms with Crippen LogP contribution in [0.3, 0.4) is 0 Å². The summed E-state index contributed by atoms with van der Waals surface area (Å²) in [5.41, 5.74) is 5.73. The number of piperazine rings is 1. The van der Waals surface area contributed by atoms with Crippen molar-refractivity contribution in [3.63, 3.8) is 0 Å². The van der Waals surface area contributed by atoms with Gasteiger partial charge in [0.25, 0.3) is 11.8 Å². The van der Waals surface area contributed by atoms with E-state index in [-0.39, 0.29) is 18.0 Å². The number of anilines is 1. The van der Waals surface area contributed by atoms with Crippen LogP contribution in [0, 0.1) is 0 Å². The Morgan fingerprint density at radius 1 is 0.959 bits per heavy atom. The van der Waals surface area contributed by atoms with E-state index in [9.17, 15) is 18.0 Å². The van der Waals surface area contributed by atoms with Crippen LogP contribution in [0.15, 0.2) is 54.6 Å². The summed E-state index contributed by atoms with van der Waals surface area (Å²) in [6, 6.07) is 11.4. The third-order valence-corrected chi connectivity index (χ3v) is 11.3. The molecule has 1 saturated carbocycles. The largest absolute Gasteiger partial charge is 0.497 e. The number of hydrogen-bond acceptors (Lipinski definition) is 9. The molecule has 1 aliphatic carbocycles. The molecule has 0 bridgehead atoms. The number of carbonyl (C=O) groups excluding carboxylic acids is 2. The van der Waals surface area contributed by atoms with Gasteiger partial charge in [-0.1, -0.05) is 25.3 Å². The Kier molecular flexibility index (Phi) is 8.84. The number of benzene rings is 2. The molecule has 4 aromatic rings. The minimum absolute atomic E-state index is 0.0658. The highest BCUT2D eigenvalue weighted by atomic mass is 32.2. The highest BCUT2D eigenvalue weighted by Crippen LogP contribution is 2.47. The number of nitrogens with zero attached hydrogens (tertiary/aromatic N) is 7. The number of nitrogens with one attached hydrogen (secondary N) is 1. The second kappa shape index (κ2) is 13.2. The minimum Gasteiger partial charge on any atom is -0.497 e. The summed E-state index contributed by atoms with van der Waals surface area (Å²) >= 11 is 0. The molecule has 13 nitrogen and oxygen atoms in total. The first kappa shape index (κ1) is 32.7. The lowest BCUT2D eigenvalue weighted by atomic mass is 9.81. The zero-order valence-electron chi connectivity index (χ0n) is 27.9. The average molecular weight is 685 g/mol. The summed E-state index contributed by atoms with van der Waals surface area (Å²) in [7, 11) is 0.374. The van der Waals surface area contributed by atoms with E-state index in [0.29, 0.717) is 49.4 Å². The molecular formula is C35H40N8O5S. The van der Waals surface area contributed by atoms with Gasteiger partial charge in [-0.15, -0.1) is 0 Å². The number of ether oxygens (including phenoxy) is 1. The van der Waals surface area contributed by atoms with Gasteiger partial charge in [0.2, 0.25) is 5.95 Å². The van der Waals surface area contributed by atoms with Crippen molar-refractivity contribution in [2.24, 2.45) is 0 Å². The Hall–Kier alpha value is -4.82. The summed E-state index contributed by atoms with van der Waals surface area (Å²) < 4.78 is 36.0. The number of aromatic nitrogens is 4. The first-order valence-electron chi connectivity index (χ1n) is 16.6. The Morgan fingerprint density at radius 3 is 2.39 bits per heavy atom. The predicted molar refractivity (Wildman–Crippen MR) is 186 cm³/mol. The molecule has 0 radical (unpaired) electrons. The maximum atomic E-state index is 14.4. The Labute approximate surface area is 285 Å².